The van der Waals surface area contributed by atoms with Gasteiger partial charge in [0.25, 0.3) is 0 Å². The molecule has 2 N–H and O–H groups in total. The van der Waals surface area contributed by atoms with Crippen molar-refractivity contribution in [3.05, 3.63) is 0 Å². The third kappa shape index (κ3) is 10.1. The first-order valence-corrected chi connectivity index (χ1v) is 5.39. The average Bonchev–Trinajstić information content (AvgIpc) is 2.18. The molecule has 5 heteroatoms. The lowest BCUT2D eigenvalue weighted by Crippen LogP contribution is -2.18. The SMILES string of the molecule is CC(CCCOO)OC(C)CCCOO. The molecule has 0 heterocycles. The molecule has 0 fully saturated rings. The Labute approximate surface area is 90.8 Å². The quantitative estimate of drug-likeness (QED) is 0.337. The molecule has 5 nitrogen and oxygen atoms in total. The van der Waals surface area contributed by atoms with E-state index in [0.29, 0.717) is 13.2 Å². The van der Waals surface area contributed by atoms with E-state index in [4.69, 9.17) is 15.3 Å². The van der Waals surface area contributed by atoms with E-state index in [1.54, 1.807) is 0 Å². The first-order chi connectivity index (χ1) is 7.20. The molecule has 0 amide bonds. The third-order valence-corrected chi connectivity index (χ3v) is 2.16. The van der Waals surface area contributed by atoms with Crippen LogP contribution in [-0.2, 0) is 14.5 Å². The van der Waals surface area contributed by atoms with Crippen LogP contribution in [0.25, 0.3) is 0 Å². The van der Waals surface area contributed by atoms with Gasteiger partial charge in [-0.1, -0.05) is 0 Å². The highest BCUT2D eigenvalue weighted by Crippen LogP contribution is 2.09. The van der Waals surface area contributed by atoms with Crippen LogP contribution in [0, 0.1) is 0 Å². The van der Waals surface area contributed by atoms with Gasteiger partial charge in [0, 0.05) is 0 Å². The molecule has 0 radical (unpaired) electrons. The van der Waals surface area contributed by atoms with Crippen molar-refractivity contribution in [3.63, 3.8) is 0 Å². The van der Waals surface area contributed by atoms with Gasteiger partial charge in [0.15, 0.2) is 0 Å². The molecule has 92 valence electrons. The summed E-state index contributed by atoms with van der Waals surface area (Å²) in [5.74, 6) is 0. The second kappa shape index (κ2) is 10.3. The first kappa shape index (κ1) is 14.8. The minimum Gasteiger partial charge on any atom is -0.376 e. The lowest BCUT2D eigenvalue weighted by molar-refractivity contribution is -0.244. The maximum absolute atomic E-state index is 8.13. The fraction of sp³-hybridized carbons (Fsp3) is 1.00. The van der Waals surface area contributed by atoms with Crippen LogP contribution >= 0.6 is 0 Å². The van der Waals surface area contributed by atoms with Crippen molar-refractivity contribution in [2.75, 3.05) is 13.2 Å². The molecule has 2 unspecified atom stereocenters. The standard InChI is InChI=1S/C10H22O5/c1-9(5-3-7-13-11)15-10(2)6-4-8-14-12/h9-12H,3-8H2,1-2H3. The zero-order valence-corrected chi connectivity index (χ0v) is 9.52. The summed E-state index contributed by atoms with van der Waals surface area (Å²) >= 11 is 0. The van der Waals surface area contributed by atoms with Crippen molar-refractivity contribution in [3.8, 4) is 0 Å². The normalized spacial score (nSPS) is 15.2. The molecule has 0 aliphatic heterocycles. The van der Waals surface area contributed by atoms with E-state index >= 15 is 0 Å². The van der Waals surface area contributed by atoms with Crippen molar-refractivity contribution >= 4 is 0 Å². The minimum absolute atomic E-state index is 0.158. The molecule has 0 saturated heterocycles. The van der Waals surface area contributed by atoms with Crippen LogP contribution in [0.1, 0.15) is 39.5 Å². The second-order valence-electron chi connectivity index (χ2n) is 3.71. The molecule has 0 aromatic carbocycles. The summed E-state index contributed by atoms with van der Waals surface area (Å²) in [6.07, 6.45) is 3.60. The third-order valence-electron chi connectivity index (χ3n) is 2.16. The molecule has 0 rings (SSSR count). The Morgan fingerprint density at radius 3 is 1.60 bits per heavy atom. The zero-order valence-electron chi connectivity index (χ0n) is 9.52. The highest BCUT2D eigenvalue weighted by molar-refractivity contribution is 4.56. The average molecular weight is 222 g/mol. The number of ether oxygens (including phenoxy) is 1. The summed E-state index contributed by atoms with van der Waals surface area (Å²) in [6, 6.07) is 0. The van der Waals surface area contributed by atoms with E-state index < -0.39 is 0 Å². The van der Waals surface area contributed by atoms with Gasteiger partial charge in [-0.15, -0.1) is 0 Å². The Kier molecular flexibility index (Phi) is 10.2. The molecule has 2 atom stereocenters. The maximum Gasteiger partial charge on any atom is 0.0820 e. The van der Waals surface area contributed by atoms with Gasteiger partial charge in [0.2, 0.25) is 0 Å². The first-order valence-electron chi connectivity index (χ1n) is 5.39. The van der Waals surface area contributed by atoms with Gasteiger partial charge in [-0.3, -0.25) is 10.5 Å². The lowest BCUT2D eigenvalue weighted by atomic mass is 10.2. The predicted molar refractivity (Wildman–Crippen MR) is 55.6 cm³/mol. The van der Waals surface area contributed by atoms with Crippen LogP contribution in [0.3, 0.4) is 0 Å². The molecule has 0 saturated carbocycles. The van der Waals surface area contributed by atoms with Crippen molar-refractivity contribution in [2.24, 2.45) is 0 Å². The van der Waals surface area contributed by atoms with E-state index in [1.165, 1.54) is 0 Å². The van der Waals surface area contributed by atoms with E-state index in [9.17, 15) is 0 Å². The summed E-state index contributed by atoms with van der Waals surface area (Å²) in [5, 5.41) is 16.3. The summed E-state index contributed by atoms with van der Waals surface area (Å²) in [5.41, 5.74) is 0. The van der Waals surface area contributed by atoms with Gasteiger partial charge in [0.05, 0.1) is 25.4 Å². The van der Waals surface area contributed by atoms with Crippen LogP contribution in [0.15, 0.2) is 0 Å². The Morgan fingerprint density at radius 1 is 0.867 bits per heavy atom. The van der Waals surface area contributed by atoms with Crippen LogP contribution in [0.2, 0.25) is 0 Å². The van der Waals surface area contributed by atoms with E-state index in [1.807, 2.05) is 13.8 Å². The zero-order chi connectivity index (χ0) is 11.5. The molecule has 0 aliphatic carbocycles. The van der Waals surface area contributed by atoms with Gasteiger partial charge in [-0.05, 0) is 39.5 Å². The molecular formula is C10H22O5. The van der Waals surface area contributed by atoms with Gasteiger partial charge in [-0.25, -0.2) is 9.78 Å². The van der Waals surface area contributed by atoms with Crippen LogP contribution in [-0.4, -0.2) is 35.9 Å². The van der Waals surface area contributed by atoms with Crippen molar-refractivity contribution in [1.29, 1.82) is 0 Å². The van der Waals surface area contributed by atoms with E-state index in [0.717, 1.165) is 25.7 Å². The van der Waals surface area contributed by atoms with Gasteiger partial charge in [0.1, 0.15) is 0 Å². The fourth-order valence-corrected chi connectivity index (χ4v) is 1.40. The molecule has 0 spiro atoms. The Balaban J connectivity index is 3.35. The van der Waals surface area contributed by atoms with Gasteiger partial charge in [-0.2, -0.15) is 0 Å². The van der Waals surface area contributed by atoms with Crippen molar-refractivity contribution in [2.45, 2.75) is 51.7 Å². The molecule has 0 aromatic rings. The molecule has 15 heavy (non-hydrogen) atoms. The van der Waals surface area contributed by atoms with Crippen LogP contribution < -0.4 is 0 Å². The highest BCUT2D eigenvalue weighted by Gasteiger charge is 2.08. The molecule has 0 bridgehead atoms. The smallest absolute Gasteiger partial charge is 0.0820 e. The van der Waals surface area contributed by atoms with Gasteiger partial charge < -0.3 is 4.74 Å². The largest absolute Gasteiger partial charge is 0.376 e. The lowest BCUT2D eigenvalue weighted by Gasteiger charge is -2.18. The Morgan fingerprint density at radius 2 is 1.27 bits per heavy atom. The molecule has 0 aliphatic rings. The summed E-state index contributed by atoms with van der Waals surface area (Å²) in [4.78, 5) is 7.95. The van der Waals surface area contributed by atoms with Crippen molar-refractivity contribution in [1.82, 2.24) is 0 Å². The van der Waals surface area contributed by atoms with E-state index in [-0.39, 0.29) is 12.2 Å². The van der Waals surface area contributed by atoms with Gasteiger partial charge >= 0.3 is 0 Å². The number of hydrogen-bond acceptors (Lipinski definition) is 5. The number of rotatable bonds is 10. The molecular weight excluding hydrogens is 200 g/mol. The monoisotopic (exact) mass is 222 g/mol. The Bertz CT molecular complexity index is 117. The summed E-state index contributed by atoms with van der Waals surface area (Å²) in [6.45, 7) is 4.69. The van der Waals surface area contributed by atoms with Crippen LogP contribution in [0.5, 0.6) is 0 Å². The molecule has 0 aromatic heterocycles. The Hall–Kier alpha value is -0.200. The second-order valence-corrected chi connectivity index (χ2v) is 3.71. The maximum atomic E-state index is 8.13. The summed E-state index contributed by atoms with van der Waals surface area (Å²) < 4.78 is 5.67. The van der Waals surface area contributed by atoms with E-state index in [2.05, 4.69) is 9.78 Å². The fourth-order valence-electron chi connectivity index (χ4n) is 1.40. The topological polar surface area (TPSA) is 68.2 Å². The number of hydrogen-bond donors (Lipinski definition) is 2. The highest BCUT2D eigenvalue weighted by atomic mass is 17.1. The summed E-state index contributed by atoms with van der Waals surface area (Å²) in [7, 11) is 0. The van der Waals surface area contributed by atoms with Crippen molar-refractivity contribution < 1.29 is 25.0 Å². The van der Waals surface area contributed by atoms with Crippen LogP contribution in [0.4, 0.5) is 0 Å². The predicted octanol–water partition coefficient (Wildman–Crippen LogP) is 2.32. The minimum atomic E-state index is 0.158.